The van der Waals surface area contributed by atoms with Crippen molar-refractivity contribution in [2.24, 2.45) is 0 Å². The first-order valence-electron chi connectivity index (χ1n) is 8.06. The van der Waals surface area contributed by atoms with Crippen LogP contribution in [0.25, 0.3) is 0 Å². The maximum absolute atomic E-state index is 11.8. The number of carbonyl (C=O) groups is 1. The summed E-state index contributed by atoms with van der Waals surface area (Å²) >= 11 is 0. The van der Waals surface area contributed by atoms with E-state index < -0.39 is 21.3 Å². The van der Waals surface area contributed by atoms with Crippen LogP contribution >= 0.6 is 0 Å². The average molecular weight is 365 g/mol. The predicted octanol–water partition coefficient (Wildman–Crippen LogP) is 2.88. The molecule has 0 spiro atoms. The van der Waals surface area contributed by atoms with E-state index in [0.717, 1.165) is 6.42 Å². The van der Waals surface area contributed by atoms with Crippen LogP contribution in [0, 0.1) is 0 Å². The lowest BCUT2D eigenvalue weighted by atomic mass is 9.99. The van der Waals surface area contributed by atoms with Crippen molar-refractivity contribution in [2.45, 2.75) is 37.9 Å². The van der Waals surface area contributed by atoms with Crippen LogP contribution < -0.4 is 4.74 Å². The normalized spacial score (nSPS) is 18.4. The van der Waals surface area contributed by atoms with Gasteiger partial charge in [0.15, 0.2) is 6.61 Å². The molecule has 0 aromatic heterocycles. The quantitative estimate of drug-likeness (QED) is 0.545. The van der Waals surface area contributed by atoms with Gasteiger partial charge in [-0.1, -0.05) is 32.1 Å². The van der Waals surface area contributed by atoms with Gasteiger partial charge in [-0.15, -0.1) is 0 Å². The number of allylic oxidation sites excluding steroid dienone is 2. The van der Waals surface area contributed by atoms with E-state index in [9.17, 15) is 17.8 Å². The SMILES string of the molecule is CCC(C)c1ccc(OCC(=O)OC2=CCC(S(=O)(=O)[O-])C=C2)cc1. The zero-order chi connectivity index (χ0) is 18.4. The Kier molecular flexibility index (Phi) is 6.39. The topological polar surface area (TPSA) is 92.7 Å². The lowest BCUT2D eigenvalue weighted by molar-refractivity contribution is -0.141. The third-order valence-electron chi connectivity index (χ3n) is 4.05. The van der Waals surface area contributed by atoms with Gasteiger partial charge in [-0.05, 0) is 48.6 Å². The lowest BCUT2D eigenvalue weighted by Crippen LogP contribution is -2.21. The van der Waals surface area contributed by atoms with Crippen molar-refractivity contribution >= 4 is 16.1 Å². The molecular formula is C18H21O6S-. The van der Waals surface area contributed by atoms with Crippen LogP contribution in [0.5, 0.6) is 5.75 Å². The maximum Gasteiger partial charge on any atom is 0.349 e. The first-order chi connectivity index (χ1) is 11.8. The van der Waals surface area contributed by atoms with E-state index in [0.29, 0.717) is 11.7 Å². The highest BCUT2D eigenvalue weighted by atomic mass is 32.2. The molecule has 0 saturated carbocycles. The number of carbonyl (C=O) groups excluding carboxylic acids is 1. The molecule has 1 aliphatic rings. The van der Waals surface area contributed by atoms with E-state index >= 15 is 0 Å². The van der Waals surface area contributed by atoms with E-state index in [1.807, 2.05) is 12.1 Å². The molecule has 0 heterocycles. The van der Waals surface area contributed by atoms with Gasteiger partial charge in [0.25, 0.3) is 0 Å². The molecule has 0 amide bonds. The molecule has 25 heavy (non-hydrogen) atoms. The fourth-order valence-electron chi connectivity index (χ4n) is 2.30. The minimum Gasteiger partial charge on any atom is -0.747 e. The number of hydrogen-bond donors (Lipinski definition) is 0. The molecular weight excluding hydrogens is 344 g/mol. The highest BCUT2D eigenvalue weighted by Crippen LogP contribution is 2.22. The third-order valence-corrected chi connectivity index (χ3v) is 5.14. The molecule has 1 aliphatic carbocycles. The van der Waals surface area contributed by atoms with Gasteiger partial charge in [0.2, 0.25) is 0 Å². The molecule has 0 N–H and O–H groups in total. The molecule has 2 unspecified atom stereocenters. The maximum atomic E-state index is 11.8. The van der Waals surface area contributed by atoms with Gasteiger partial charge in [-0.3, -0.25) is 0 Å². The summed E-state index contributed by atoms with van der Waals surface area (Å²) in [7, 11) is -4.38. The van der Waals surface area contributed by atoms with Crippen molar-refractivity contribution in [3.63, 3.8) is 0 Å². The third kappa shape index (κ3) is 5.72. The summed E-state index contributed by atoms with van der Waals surface area (Å²) in [6.45, 7) is 3.99. The van der Waals surface area contributed by atoms with Crippen molar-refractivity contribution in [3.8, 4) is 5.75 Å². The minimum absolute atomic E-state index is 0.0110. The van der Waals surface area contributed by atoms with Crippen LogP contribution in [0.4, 0.5) is 0 Å². The molecule has 1 aromatic rings. The summed E-state index contributed by atoms with van der Waals surface area (Å²) in [6.07, 6.45) is 4.97. The molecule has 2 rings (SSSR count). The van der Waals surface area contributed by atoms with E-state index in [1.54, 1.807) is 12.1 Å². The van der Waals surface area contributed by atoms with Crippen LogP contribution in [-0.2, 0) is 19.6 Å². The number of ether oxygens (including phenoxy) is 2. The predicted molar refractivity (Wildman–Crippen MR) is 92.1 cm³/mol. The molecule has 6 nitrogen and oxygen atoms in total. The minimum atomic E-state index is -4.38. The van der Waals surface area contributed by atoms with Crippen LogP contribution in [0.2, 0.25) is 0 Å². The zero-order valence-corrected chi connectivity index (χ0v) is 15.0. The van der Waals surface area contributed by atoms with Gasteiger partial charge < -0.3 is 14.0 Å². The second-order valence-electron chi connectivity index (χ2n) is 5.87. The van der Waals surface area contributed by atoms with Gasteiger partial charge in [0, 0.05) is 0 Å². The molecule has 136 valence electrons. The van der Waals surface area contributed by atoms with Gasteiger partial charge in [0.1, 0.15) is 21.6 Å². The number of rotatable bonds is 7. The Bertz CT molecular complexity index is 761. The molecule has 0 saturated heterocycles. The largest absolute Gasteiger partial charge is 0.747 e. The van der Waals surface area contributed by atoms with E-state index in [2.05, 4.69) is 13.8 Å². The summed E-state index contributed by atoms with van der Waals surface area (Å²) in [5.41, 5.74) is 1.21. The summed E-state index contributed by atoms with van der Waals surface area (Å²) in [4.78, 5) is 11.8. The molecule has 0 aliphatic heterocycles. The summed E-state index contributed by atoms with van der Waals surface area (Å²) < 4.78 is 43.1. The molecule has 1 aromatic carbocycles. The first-order valence-corrected chi connectivity index (χ1v) is 9.53. The average Bonchev–Trinajstić information content (AvgIpc) is 2.59. The van der Waals surface area contributed by atoms with E-state index in [-0.39, 0.29) is 18.8 Å². The van der Waals surface area contributed by atoms with Gasteiger partial charge in [0.05, 0.1) is 5.25 Å². The zero-order valence-electron chi connectivity index (χ0n) is 14.2. The smallest absolute Gasteiger partial charge is 0.349 e. The fourth-order valence-corrected chi connectivity index (χ4v) is 2.91. The molecule has 2 atom stereocenters. The van der Waals surface area contributed by atoms with Crippen molar-refractivity contribution in [1.29, 1.82) is 0 Å². The molecule has 7 heteroatoms. The highest BCUT2D eigenvalue weighted by Gasteiger charge is 2.17. The van der Waals surface area contributed by atoms with Crippen LogP contribution in [0.15, 0.2) is 48.3 Å². The number of esters is 1. The Balaban J connectivity index is 1.82. The molecule has 0 bridgehead atoms. The van der Waals surface area contributed by atoms with Gasteiger partial charge in [-0.2, -0.15) is 0 Å². The Morgan fingerprint density at radius 3 is 2.52 bits per heavy atom. The van der Waals surface area contributed by atoms with Crippen LogP contribution in [0.3, 0.4) is 0 Å². The monoisotopic (exact) mass is 365 g/mol. The van der Waals surface area contributed by atoms with Crippen LogP contribution in [0.1, 0.15) is 38.2 Å². The number of hydrogen-bond acceptors (Lipinski definition) is 6. The van der Waals surface area contributed by atoms with Crippen molar-refractivity contribution in [2.75, 3.05) is 6.61 Å². The Morgan fingerprint density at radius 2 is 2.00 bits per heavy atom. The van der Waals surface area contributed by atoms with Gasteiger partial charge >= 0.3 is 5.97 Å². The Morgan fingerprint density at radius 1 is 1.32 bits per heavy atom. The fraction of sp³-hybridized carbons (Fsp3) is 0.389. The van der Waals surface area contributed by atoms with Gasteiger partial charge in [-0.25, -0.2) is 13.2 Å². The standard InChI is InChI=1S/C18H22O6S/c1-3-13(2)14-4-6-15(7-5-14)23-12-18(19)24-16-8-10-17(11-9-16)25(20,21)22/h4-10,13,17H,3,11-12H2,1-2H3,(H,20,21,22)/p-1. The van der Waals surface area contributed by atoms with E-state index in [1.165, 1.54) is 23.8 Å². The second kappa shape index (κ2) is 8.31. The summed E-state index contributed by atoms with van der Waals surface area (Å²) in [5.74, 6) is 0.631. The molecule has 0 radical (unpaired) electrons. The van der Waals surface area contributed by atoms with Crippen LogP contribution in [-0.4, -0.2) is 30.8 Å². The van der Waals surface area contributed by atoms with E-state index in [4.69, 9.17) is 9.47 Å². The first kappa shape index (κ1) is 19.2. The van der Waals surface area contributed by atoms with Crippen molar-refractivity contribution in [1.82, 2.24) is 0 Å². The van der Waals surface area contributed by atoms with Crippen molar-refractivity contribution in [3.05, 3.63) is 53.8 Å². The Hall–Kier alpha value is -2.12. The summed E-state index contributed by atoms with van der Waals surface area (Å²) in [6, 6.07) is 7.53. The lowest BCUT2D eigenvalue weighted by Gasteiger charge is -2.19. The second-order valence-corrected chi connectivity index (χ2v) is 7.46. The number of benzene rings is 1. The Labute approximate surface area is 147 Å². The summed E-state index contributed by atoms with van der Waals surface area (Å²) in [5, 5.41) is -1.12. The highest BCUT2D eigenvalue weighted by molar-refractivity contribution is 7.86. The molecule has 0 fully saturated rings. The van der Waals surface area contributed by atoms with Crippen molar-refractivity contribution < 1.29 is 27.2 Å².